The second-order valence-electron chi connectivity index (χ2n) is 5.78. The molecule has 0 radical (unpaired) electrons. The zero-order valence-corrected chi connectivity index (χ0v) is 15.8. The summed E-state index contributed by atoms with van der Waals surface area (Å²) < 4.78 is 12.4. The van der Waals surface area contributed by atoms with Crippen molar-refractivity contribution in [3.05, 3.63) is 52.4 Å². The van der Waals surface area contributed by atoms with Crippen LogP contribution in [0.4, 0.5) is 5.69 Å². The van der Waals surface area contributed by atoms with Gasteiger partial charge in [-0.05, 0) is 25.5 Å². The van der Waals surface area contributed by atoms with Crippen LogP contribution >= 0.6 is 11.6 Å². The normalized spacial score (nSPS) is 10.8. The third-order valence-corrected chi connectivity index (χ3v) is 4.57. The maximum atomic E-state index is 12.7. The minimum absolute atomic E-state index is 0.263. The number of benzene rings is 1. The van der Waals surface area contributed by atoms with Crippen LogP contribution in [0.5, 0.6) is 11.5 Å². The van der Waals surface area contributed by atoms with Gasteiger partial charge in [0.1, 0.15) is 17.1 Å². The SMILES string of the molecule is CCc1nc2ccc(C(=O)Nc3cc(OC)c(Cl)cc3OC)cn2c1C. The van der Waals surface area contributed by atoms with E-state index in [1.807, 2.05) is 17.4 Å². The van der Waals surface area contributed by atoms with E-state index >= 15 is 0 Å². The van der Waals surface area contributed by atoms with Crippen molar-refractivity contribution in [2.75, 3.05) is 19.5 Å². The van der Waals surface area contributed by atoms with Gasteiger partial charge in [0.2, 0.25) is 0 Å². The molecule has 26 heavy (non-hydrogen) atoms. The van der Waals surface area contributed by atoms with Gasteiger partial charge < -0.3 is 19.2 Å². The van der Waals surface area contributed by atoms with Crippen molar-refractivity contribution in [1.29, 1.82) is 0 Å². The number of pyridine rings is 1. The van der Waals surface area contributed by atoms with Gasteiger partial charge >= 0.3 is 0 Å². The van der Waals surface area contributed by atoms with Crippen LogP contribution in [0.15, 0.2) is 30.5 Å². The fraction of sp³-hybridized carbons (Fsp3) is 0.263. The van der Waals surface area contributed by atoms with E-state index in [0.717, 1.165) is 23.5 Å². The average Bonchev–Trinajstić information content (AvgIpc) is 2.98. The Labute approximate surface area is 156 Å². The first kappa shape index (κ1) is 18.1. The Hall–Kier alpha value is -2.73. The predicted molar refractivity (Wildman–Crippen MR) is 102 cm³/mol. The number of aromatic nitrogens is 2. The number of fused-ring (bicyclic) bond motifs is 1. The van der Waals surface area contributed by atoms with E-state index in [1.165, 1.54) is 14.2 Å². The molecule has 0 aliphatic heterocycles. The highest BCUT2D eigenvalue weighted by Gasteiger charge is 2.15. The van der Waals surface area contributed by atoms with Crippen molar-refractivity contribution in [2.45, 2.75) is 20.3 Å². The zero-order chi connectivity index (χ0) is 18.8. The molecule has 0 atom stereocenters. The summed E-state index contributed by atoms with van der Waals surface area (Å²) in [7, 11) is 3.03. The van der Waals surface area contributed by atoms with Gasteiger partial charge in [-0.25, -0.2) is 4.98 Å². The molecule has 0 unspecified atom stereocenters. The van der Waals surface area contributed by atoms with Gasteiger partial charge in [0, 0.05) is 24.0 Å². The number of aryl methyl sites for hydroxylation is 2. The molecule has 7 heteroatoms. The number of carbonyl (C=O) groups excluding carboxylic acids is 1. The molecular formula is C19H20ClN3O3. The molecule has 1 amide bonds. The molecule has 3 aromatic rings. The standard InChI is InChI=1S/C19H20ClN3O3/c1-5-14-11(2)23-10-12(6-7-18(23)21-14)19(24)22-15-9-16(25-3)13(20)8-17(15)26-4/h6-10H,5H2,1-4H3,(H,22,24). The van der Waals surface area contributed by atoms with Gasteiger partial charge in [0.15, 0.2) is 0 Å². The van der Waals surface area contributed by atoms with Crippen molar-refractivity contribution in [1.82, 2.24) is 9.38 Å². The molecule has 0 spiro atoms. The lowest BCUT2D eigenvalue weighted by molar-refractivity contribution is 0.102. The highest BCUT2D eigenvalue weighted by atomic mass is 35.5. The molecule has 6 nitrogen and oxygen atoms in total. The number of carbonyl (C=O) groups is 1. The quantitative estimate of drug-likeness (QED) is 0.730. The van der Waals surface area contributed by atoms with E-state index in [9.17, 15) is 4.79 Å². The van der Waals surface area contributed by atoms with Crippen molar-refractivity contribution in [3.8, 4) is 11.5 Å². The summed E-state index contributed by atoms with van der Waals surface area (Å²) in [6, 6.07) is 6.82. The van der Waals surface area contributed by atoms with Crippen LogP contribution in [0, 0.1) is 6.92 Å². The van der Waals surface area contributed by atoms with Crippen LogP contribution < -0.4 is 14.8 Å². The maximum Gasteiger partial charge on any atom is 0.257 e. The molecule has 0 saturated carbocycles. The molecule has 0 bridgehead atoms. The first-order chi connectivity index (χ1) is 12.5. The Morgan fingerprint density at radius 2 is 1.96 bits per heavy atom. The highest BCUT2D eigenvalue weighted by Crippen LogP contribution is 2.36. The molecule has 2 heterocycles. The van der Waals surface area contributed by atoms with Crippen LogP contribution in [0.25, 0.3) is 5.65 Å². The minimum Gasteiger partial charge on any atom is -0.495 e. The van der Waals surface area contributed by atoms with E-state index in [1.54, 1.807) is 24.4 Å². The fourth-order valence-electron chi connectivity index (χ4n) is 2.83. The number of methoxy groups -OCH3 is 2. The third kappa shape index (κ3) is 3.20. The summed E-state index contributed by atoms with van der Waals surface area (Å²) in [6.07, 6.45) is 2.63. The van der Waals surface area contributed by atoms with E-state index < -0.39 is 0 Å². The second kappa shape index (κ2) is 7.25. The number of anilines is 1. The van der Waals surface area contributed by atoms with E-state index in [0.29, 0.717) is 27.8 Å². The number of amides is 1. The van der Waals surface area contributed by atoms with Gasteiger partial charge in [0.25, 0.3) is 5.91 Å². The van der Waals surface area contributed by atoms with Crippen LogP contribution in [-0.2, 0) is 6.42 Å². The fourth-order valence-corrected chi connectivity index (χ4v) is 3.06. The molecule has 0 aliphatic rings. The monoisotopic (exact) mass is 373 g/mol. The van der Waals surface area contributed by atoms with Crippen LogP contribution in [0.2, 0.25) is 5.02 Å². The van der Waals surface area contributed by atoms with E-state index in [-0.39, 0.29) is 5.91 Å². The average molecular weight is 374 g/mol. The summed E-state index contributed by atoms with van der Waals surface area (Å²) in [4.78, 5) is 17.3. The first-order valence-corrected chi connectivity index (χ1v) is 8.56. The van der Waals surface area contributed by atoms with Crippen molar-refractivity contribution >= 4 is 28.8 Å². The van der Waals surface area contributed by atoms with Crippen molar-refractivity contribution in [3.63, 3.8) is 0 Å². The molecule has 136 valence electrons. The van der Waals surface area contributed by atoms with Crippen LogP contribution in [0.3, 0.4) is 0 Å². The molecule has 0 aliphatic carbocycles. The number of hydrogen-bond donors (Lipinski definition) is 1. The molecule has 0 saturated heterocycles. The third-order valence-electron chi connectivity index (χ3n) is 4.27. The number of halogens is 1. The van der Waals surface area contributed by atoms with Gasteiger partial charge in [-0.15, -0.1) is 0 Å². The first-order valence-electron chi connectivity index (χ1n) is 8.19. The summed E-state index contributed by atoms with van der Waals surface area (Å²) >= 11 is 6.10. The van der Waals surface area contributed by atoms with Gasteiger partial charge in [-0.3, -0.25) is 4.79 Å². The number of nitrogens with zero attached hydrogens (tertiary/aromatic N) is 2. The van der Waals surface area contributed by atoms with Crippen molar-refractivity contribution < 1.29 is 14.3 Å². The molecule has 1 N–H and O–H groups in total. The lowest BCUT2D eigenvalue weighted by Crippen LogP contribution is -2.13. The summed E-state index contributed by atoms with van der Waals surface area (Å²) in [5.41, 5.74) is 3.86. The van der Waals surface area contributed by atoms with Gasteiger partial charge in [-0.2, -0.15) is 0 Å². The Morgan fingerprint density at radius 3 is 2.62 bits per heavy atom. The summed E-state index contributed by atoms with van der Waals surface area (Å²) in [5.74, 6) is 0.647. The smallest absolute Gasteiger partial charge is 0.257 e. The van der Waals surface area contributed by atoms with Gasteiger partial charge in [-0.1, -0.05) is 18.5 Å². The van der Waals surface area contributed by atoms with Crippen LogP contribution in [-0.4, -0.2) is 29.5 Å². The Kier molecular flexibility index (Phi) is 5.04. The minimum atomic E-state index is -0.263. The number of nitrogens with one attached hydrogen (secondary N) is 1. The van der Waals surface area contributed by atoms with Crippen molar-refractivity contribution in [2.24, 2.45) is 0 Å². The topological polar surface area (TPSA) is 64.9 Å². The summed E-state index contributed by atoms with van der Waals surface area (Å²) in [6.45, 7) is 4.05. The van der Waals surface area contributed by atoms with Gasteiger partial charge in [0.05, 0.1) is 36.2 Å². The molecule has 0 fully saturated rings. The lowest BCUT2D eigenvalue weighted by atomic mass is 10.2. The van der Waals surface area contributed by atoms with E-state index in [2.05, 4.69) is 17.2 Å². The lowest BCUT2D eigenvalue weighted by Gasteiger charge is -2.13. The van der Waals surface area contributed by atoms with E-state index in [4.69, 9.17) is 21.1 Å². The number of rotatable bonds is 5. The Morgan fingerprint density at radius 1 is 1.23 bits per heavy atom. The number of hydrogen-bond acceptors (Lipinski definition) is 4. The Bertz CT molecular complexity index is 982. The zero-order valence-electron chi connectivity index (χ0n) is 15.1. The van der Waals surface area contributed by atoms with Crippen LogP contribution in [0.1, 0.15) is 28.7 Å². The second-order valence-corrected chi connectivity index (χ2v) is 6.19. The molecule has 1 aromatic carbocycles. The number of ether oxygens (including phenoxy) is 2. The predicted octanol–water partition coefficient (Wildman–Crippen LogP) is 4.13. The molecule has 2 aromatic heterocycles. The Balaban J connectivity index is 1.95. The maximum absolute atomic E-state index is 12.7. The summed E-state index contributed by atoms with van der Waals surface area (Å²) in [5, 5.41) is 3.26. The highest BCUT2D eigenvalue weighted by molar-refractivity contribution is 6.32. The number of imidazole rings is 1. The molecule has 3 rings (SSSR count). The molecular weight excluding hydrogens is 354 g/mol. The largest absolute Gasteiger partial charge is 0.495 e.